The molecule has 0 atom stereocenters. The molecule has 104 valence electrons. The van der Waals surface area contributed by atoms with Crippen LogP contribution in [0.25, 0.3) is 0 Å². The van der Waals surface area contributed by atoms with Gasteiger partial charge in [-0.2, -0.15) is 0 Å². The van der Waals surface area contributed by atoms with Gasteiger partial charge >= 0.3 is 0 Å². The van der Waals surface area contributed by atoms with Crippen LogP contribution < -0.4 is 15.0 Å². The molecule has 2 fully saturated rings. The zero-order chi connectivity index (χ0) is 13.1. The van der Waals surface area contributed by atoms with Gasteiger partial charge in [0.05, 0.1) is 7.11 Å². The highest BCUT2D eigenvalue weighted by molar-refractivity contribution is 5.49. The lowest BCUT2D eigenvalue weighted by atomic mass is 10.0. The Morgan fingerprint density at radius 3 is 2.32 bits per heavy atom. The molecular formula is C15H23N3O. The predicted molar refractivity (Wildman–Crippen MR) is 78.0 cm³/mol. The third kappa shape index (κ3) is 3.01. The van der Waals surface area contributed by atoms with Gasteiger partial charge in [0.15, 0.2) is 0 Å². The van der Waals surface area contributed by atoms with Gasteiger partial charge in [-0.1, -0.05) is 0 Å². The van der Waals surface area contributed by atoms with E-state index in [-0.39, 0.29) is 0 Å². The molecule has 2 saturated heterocycles. The van der Waals surface area contributed by atoms with Gasteiger partial charge in [0.2, 0.25) is 0 Å². The van der Waals surface area contributed by atoms with Crippen molar-refractivity contribution in [3.8, 4) is 5.75 Å². The van der Waals surface area contributed by atoms with E-state index in [0.717, 1.165) is 24.8 Å². The fraction of sp³-hybridized carbons (Fsp3) is 0.600. The molecule has 0 radical (unpaired) electrons. The summed E-state index contributed by atoms with van der Waals surface area (Å²) in [6, 6.07) is 8.40. The molecule has 0 unspecified atom stereocenters. The molecule has 1 N–H and O–H groups in total. The topological polar surface area (TPSA) is 27.7 Å². The van der Waals surface area contributed by atoms with Gasteiger partial charge in [-0.15, -0.1) is 0 Å². The molecule has 1 aromatic carbocycles. The minimum absolute atomic E-state index is 0.882. The summed E-state index contributed by atoms with van der Waals surface area (Å²) >= 11 is 0. The van der Waals surface area contributed by atoms with E-state index in [0.29, 0.717) is 0 Å². The van der Waals surface area contributed by atoms with Crippen LogP contribution in [0.1, 0.15) is 0 Å². The van der Waals surface area contributed by atoms with Crippen LogP contribution in [0.4, 0.5) is 5.69 Å². The first-order valence-electron chi connectivity index (χ1n) is 7.17. The third-order valence-corrected chi connectivity index (χ3v) is 4.19. The first kappa shape index (κ1) is 12.8. The molecule has 0 aliphatic carbocycles. The lowest BCUT2D eigenvalue weighted by molar-refractivity contribution is 0.184. The third-order valence-electron chi connectivity index (χ3n) is 4.19. The molecule has 0 amide bonds. The summed E-state index contributed by atoms with van der Waals surface area (Å²) in [5.74, 6) is 1.81. The standard InChI is InChI=1S/C15H23N3O/c1-19-15-4-2-14(3-5-15)18-8-6-17(7-9-18)12-13-10-16-11-13/h2-5,13,16H,6-12H2,1H3. The van der Waals surface area contributed by atoms with E-state index in [1.807, 2.05) is 12.1 Å². The maximum absolute atomic E-state index is 5.20. The second-order valence-electron chi connectivity index (χ2n) is 5.51. The van der Waals surface area contributed by atoms with Crippen molar-refractivity contribution in [3.05, 3.63) is 24.3 Å². The van der Waals surface area contributed by atoms with E-state index in [4.69, 9.17) is 4.74 Å². The highest BCUT2D eigenvalue weighted by Gasteiger charge is 2.23. The van der Waals surface area contributed by atoms with Crippen LogP contribution in [0.2, 0.25) is 0 Å². The molecule has 3 rings (SSSR count). The van der Waals surface area contributed by atoms with Gasteiger partial charge < -0.3 is 15.0 Å². The summed E-state index contributed by atoms with van der Waals surface area (Å²) in [5, 5.41) is 3.35. The number of nitrogens with zero attached hydrogens (tertiary/aromatic N) is 2. The summed E-state index contributed by atoms with van der Waals surface area (Å²) in [7, 11) is 1.71. The Hall–Kier alpha value is -1.26. The molecule has 4 heteroatoms. The van der Waals surface area contributed by atoms with Gasteiger partial charge in [-0.05, 0) is 30.2 Å². The van der Waals surface area contributed by atoms with Crippen molar-refractivity contribution >= 4 is 5.69 Å². The van der Waals surface area contributed by atoms with Crippen molar-refractivity contribution in [1.82, 2.24) is 10.2 Å². The Morgan fingerprint density at radius 2 is 1.79 bits per heavy atom. The highest BCUT2D eigenvalue weighted by atomic mass is 16.5. The largest absolute Gasteiger partial charge is 0.497 e. The minimum atomic E-state index is 0.882. The summed E-state index contributed by atoms with van der Waals surface area (Å²) in [5.41, 5.74) is 1.31. The molecule has 0 spiro atoms. The number of hydrogen-bond donors (Lipinski definition) is 1. The monoisotopic (exact) mass is 261 g/mol. The Bertz CT molecular complexity index is 394. The average Bonchev–Trinajstić information content (AvgIpc) is 2.44. The second-order valence-corrected chi connectivity index (χ2v) is 5.51. The number of methoxy groups -OCH3 is 1. The first-order chi connectivity index (χ1) is 9.35. The van der Waals surface area contributed by atoms with Crippen LogP contribution in [0.15, 0.2) is 24.3 Å². The number of anilines is 1. The minimum Gasteiger partial charge on any atom is -0.497 e. The number of nitrogens with one attached hydrogen (secondary N) is 1. The molecule has 1 aromatic rings. The maximum atomic E-state index is 5.20. The van der Waals surface area contributed by atoms with Gasteiger partial charge in [0, 0.05) is 51.5 Å². The number of piperazine rings is 1. The van der Waals surface area contributed by atoms with Crippen LogP contribution in [0, 0.1) is 5.92 Å². The van der Waals surface area contributed by atoms with Crippen LogP contribution in [-0.2, 0) is 0 Å². The number of benzene rings is 1. The van der Waals surface area contributed by atoms with E-state index in [2.05, 4.69) is 27.2 Å². The van der Waals surface area contributed by atoms with Crippen LogP contribution in [-0.4, -0.2) is 57.8 Å². The summed E-state index contributed by atoms with van der Waals surface area (Å²) in [4.78, 5) is 5.07. The van der Waals surface area contributed by atoms with E-state index in [1.54, 1.807) is 7.11 Å². The van der Waals surface area contributed by atoms with E-state index >= 15 is 0 Å². The molecule has 19 heavy (non-hydrogen) atoms. The molecule has 4 nitrogen and oxygen atoms in total. The first-order valence-corrected chi connectivity index (χ1v) is 7.17. The molecule has 2 aliphatic rings. The molecule has 0 aromatic heterocycles. The smallest absolute Gasteiger partial charge is 0.119 e. The summed E-state index contributed by atoms with van der Waals surface area (Å²) in [6.45, 7) is 8.31. The SMILES string of the molecule is COc1ccc(N2CCN(CC3CNC3)CC2)cc1. The van der Waals surface area contributed by atoms with Crippen molar-refractivity contribution in [1.29, 1.82) is 0 Å². The van der Waals surface area contributed by atoms with Crippen molar-refractivity contribution in [2.24, 2.45) is 5.92 Å². The zero-order valence-corrected chi connectivity index (χ0v) is 11.6. The van der Waals surface area contributed by atoms with E-state index in [9.17, 15) is 0 Å². The van der Waals surface area contributed by atoms with Crippen molar-refractivity contribution in [3.63, 3.8) is 0 Å². The molecule has 2 heterocycles. The predicted octanol–water partition coefficient (Wildman–Crippen LogP) is 1.04. The normalized spacial score (nSPS) is 21.2. The number of hydrogen-bond acceptors (Lipinski definition) is 4. The molecule has 0 bridgehead atoms. The maximum Gasteiger partial charge on any atom is 0.119 e. The number of rotatable bonds is 4. The summed E-state index contributed by atoms with van der Waals surface area (Å²) in [6.07, 6.45) is 0. The Labute approximate surface area is 115 Å². The van der Waals surface area contributed by atoms with Crippen LogP contribution >= 0.6 is 0 Å². The highest BCUT2D eigenvalue weighted by Crippen LogP contribution is 2.20. The fourth-order valence-electron chi connectivity index (χ4n) is 2.82. The Balaban J connectivity index is 1.50. The van der Waals surface area contributed by atoms with Crippen molar-refractivity contribution < 1.29 is 4.74 Å². The molecular weight excluding hydrogens is 238 g/mol. The van der Waals surface area contributed by atoms with Crippen LogP contribution in [0.5, 0.6) is 5.75 Å². The van der Waals surface area contributed by atoms with Gasteiger partial charge in [0.25, 0.3) is 0 Å². The Morgan fingerprint density at radius 1 is 1.11 bits per heavy atom. The van der Waals surface area contributed by atoms with E-state index < -0.39 is 0 Å². The molecule has 2 aliphatic heterocycles. The van der Waals surface area contributed by atoms with Gasteiger partial charge in [-0.25, -0.2) is 0 Å². The lowest BCUT2D eigenvalue weighted by Gasteiger charge is -2.39. The lowest BCUT2D eigenvalue weighted by Crippen LogP contribution is -2.53. The quantitative estimate of drug-likeness (QED) is 0.876. The van der Waals surface area contributed by atoms with Gasteiger partial charge in [-0.3, -0.25) is 4.90 Å². The van der Waals surface area contributed by atoms with E-state index in [1.165, 1.54) is 38.4 Å². The number of ether oxygens (including phenoxy) is 1. The van der Waals surface area contributed by atoms with Crippen molar-refractivity contribution in [2.45, 2.75) is 0 Å². The Kier molecular flexibility index (Phi) is 3.89. The zero-order valence-electron chi connectivity index (χ0n) is 11.6. The second kappa shape index (κ2) is 5.80. The fourth-order valence-corrected chi connectivity index (χ4v) is 2.82. The molecule has 0 saturated carbocycles. The summed E-state index contributed by atoms with van der Waals surface area (Å²) < 4.78 is 5.20. The van der Waals surface area contributed by atoms with Crippen molar-refractivity contribution in [2.75, 3.05) is 57.8 Å². The average molecular weight is 261 g/mol. The van der Waals surface area contributed by atoms with Gasteiger partial charge in [0.1, 0.15) is 5.75 Å². The van der Waals surface area contributed by atoms with Crippen LogP contribution in [0.3, 0.4) is 0 Å².